The van der Waals surface area contributed by atoms with E-state index in [9.17, 15) is 0 Å². The van der Waals surface area contributed by atoms with Crippen LogP contribution < -0.4 is 0 Å². The van der Waals surface area contributed by atoms with E-state index in [1.165, 1.54) is 18.8 Å². The summed E-state index contributed by atoms with van der Waals surface area (Å²) in [4.78, 5) is 0. The van der Waals surface area contributed by atoms with Gasteiger partial charge in [0.25, 0.3) is 0 Å². The second-order valence-corrected chi connectivity index (χ2v) is 7.39. The lowest BCUT2D eigenvalue weighted by atomic mass is 10.4. The van der Waals surface area contributed by atoms with Crippen molar-refractivity contribution in [1.29, 1.82) is 0 Å². The van der Waals surface area contributed by atoms with Gasteiger partial charge >= 0.3 is 8.11 Å². The summed E-state index contributed by atoms with van der Waals surface area (Å²) in [6.45, 7) is 6.17. The molecular formula is C18H27ClO3Si. The van der Waals surface area contributed by atoms with Gasteiger partial charge in [-0.2, -0.15) is 0 Å². The van der Waals surface area contributed by atoms with E-state index < -0.39 is 8.11 Å². The van der Waals surface area contributed by atoms with Gasteiger partial charge < -0.3 is 13.3 Å². The first-order valence-corrected chi connectivity index (χ1v) is 10.6. The van der Waals surface area contributed by atoms with Crippen molar-refractivity contribution in [2.45, 2.75) is 40.0 Å². The van der Waals surface area contributed by atoms with Crippen LogP contribution in [0.3, 0.4) is 0 Å². The third-order valence-corrected chi connectivity index (χ3v) is 4.37. The summed E-state index contributed by atoms with van der Waals surface area (Å²) in [6.07, 6.45) is 24.2. The van der Waals surface area contributed by atoms with Crippen LogP contribution in [-0.4, -0.2) is 8.11 Å². The molecule has 0 atom stereocenters. The summed E-state index contributed by atoms with van der Waals surface area (Å²) in [5.41, 5.74) is 0. The van der Waals surface area contributed by atoms with Crippen molar-refractivity contribution in [3.05, 3.63) is 73.5 Å². The second kappa shape index (κ2) is 15.3. The zero-order valence-corrected chi connectivity index (χ0v) is 15.9. The van der Waals surface area contributed by atoms with Gasteiger partial charge in [-0.3, -0.25) is 0 Å². The quantitative estimate of drug-likeness (QED) is 0.182. The van der Waals surface area contributed by atoms with E-state index in [1.54, 1.807) is 18.2 Å². The Bertz CT molecular complexity index is 387. The largest absolute Gasteiger partial charge is 0.816 e. The third kappa shape index (κ3) is 13.7. The molecule has 3 nitrogen and oxygen atoms in total. The van der Waals surface area contributed by atoms with Gasteiger partial charge in [0.05, 0.1) is 18.8 Å². The maximum atomic E-state index is 6.32. The average Bonchev–Trinajstić information content (AvgIpc) is 2.54. The Hall–Kier alpha value is -1.65. The molecule has 0 heterocycles. The highest BCUT2D eigenvalue weighted by molar-refractivity contribution is 7.09. The molecule has 5 heteroatoms. The van der Waals surface area contributed by atoms with Crippen LogP contribution in [0.5, 0.6) is 0 Å². The maximum Gasteiger partial charge on any atom is 0.816 e. The number of rotatable bonds is 12. The second-order valence-electron chi connectivity index (χ2n) is 4.33. The molecule has 0 fully saturated rings. The molecule has 0 spiro atoms. The van der Waals surface area contributed by atoms with Crippen LogP contribution in [-0.2, 0) is 13.3 Å². The van der Waals surface area contributed by atoms with E-state index in [-0.39, 0.29) is 0 Å². The molecule has 0 radical (unpaired) electrons. The monoisotopic (exact) mass is 354 g/mol. The van der Waals surface area contributed by atoms with Crippen molar-refractivity contribution in [1.82, 2.24) is 0 Å². The highest BCUT2D eigenvalue weighted by atomic mass is 35.6. The predicted molar refractivity (Wildman–Crippen MR) is 101 cm³/mol. The summed E-state index contributed by atoms with van der Waals surface area (Å²) in [6, 6.07) is 0. The van der Waals surface area contributed by atoms with Gasteiger partial charge in [-0.15, -0.1) is 0 Å². The molecule has 0 aliphatic carbocycles. The van der Waals surface area contributed by atoms with Crippen molar-refractivity contribution < 1.29 is 13.3 Å². The topological polar surface area (TPSA) is 27.7 Å². The van der Waals surface area contributed by atoms with Crippen molar-refractivity contribution in [3.63, 3.8) is 0 Å². The standard InChI is InChI=1S/C18H27ClO3Si/c1-4-7-10-13-16-20-23(19,21-17-14-11-8-5-2)22-18-15-12-9-6-3/h7-18H,4-6H2,1-3H3. The fourth-order valence-corrected chi connectivity index (χ4v) is 2.58. The summed E-state index contributed by atoms with van der Waals surface area (Å²) in [5, 5.41) is 0. The number of hydrogen-bond donors (Lipinski definition) is 0. The molecule has 0 N–H and O–H groups in total. The Balaban J connectivity index is 4.67. The van der Waals surface area contributed by atoms with Crippen LogP contribution in [0.1, 0.15) is 40.0 Å². The molecule has 23 heavy (non-hydrogen) atoms. The molecule has 0 aromatic heterocycles. The Morgan fingerprint density at radius 1 is 0.609 bits per heavy atom. The van der Waals surface area contributed by atoms with Crippen molar-refractivity contribution in [2.24, 2.45) is 0 Å². The minimum absolute atomic E-state index is 0.958. The predicted octanol–water partition coefficient (Wildman–Crippen LogP) is 6.15. The minimum atomic E-state index is -3.32. The van der Waals surface area contributed by atoms with Gasteiger partial charge in [0.2, 0.25) is 0 Å². The van der Waals surface area contributed by atoms with Gasteiger partial charge in [0.15, 0.2) is 0 Å². The molecule has 0 saturated carbocycles. The third-order valence-electron chi connectivity index (χ3n) is 2.31. The molecular weight excluding hydrogens is 328 g/mol. The first-order valence-electron chi connectivity index (χ1n) is 7.85. The van der Waals surface area contributed by atoms with Crippen molar-refractivity contribution >= 4 is 19.2 Å². The smallest absolute Gasteiger partial charge is 0.479 e. The van der Waals surface area contributed by atoms with Crippen LogP contribution in [0.4, 0.5) is 0 Å². The van der Waals surface area contributed by atoms with Gasteiger partial charge in [0.1, 0.15) is 0 Å². The molecule has 0 aliphatic heterocycles. The summed E-state index contributed by atoms with van der Waals surface area (Å²) in [5.74, 6) is 0. The lowest BCUT2D eigenvalue weighted by Crippen LogP contribution is -2.34. The van der Waals surface area contributed by atoms with Crippen LogP contribution >= 0.6 is 11.1 Å². The van der Waals surface area contributed by atoms with E-state index in [0.717, 1.165) is 19.3 Å². The molecule has 0 amide bonds. The Kier molecular flexibility index (Phi) is 14.2. The van der Waals surface area contributed by atoms with Crippen LogP contribution in [0.15, 0.2) is 73.5 Å². The fourth-order valence-electron chi connectivity index (χ4n) is 1.23. The van der Waals surface area contributed by atoms with Gasteiger partial charge in [-0.05, 0) is 48.6 Å². The zero-order chi connectivity index (χ0) is 17.2. The van der Waals surface area contributed by atoms with E-state index >= 15 is 0 Å². The van der Waals surface area contributed by atoms with E-state index in [0.29, 0.717) is 0 Å². The normalized spacial score (nSPS) is 15.7. The molecule has 0 aromatic carbocycles. The summed E-state index contributed by atoms with van der Waals surface area (Å²) in [7, 11) is -3.32. The molecule has 0 rings (SSSR count). The molecule has 128 valence electrons. The van der Waals surface area contributed by atoms with E-state index in [2.05, 4.69) is 20.8 Å². The molecule has 0 bridgehead atoms. The van der Waals surface area contributed by atoms with Gasteiger partial charge in [-0.25, -0.2) is 0 Å². The Morgan fingerprint density at radius 3 is 1.17 bits per heavy atom. The molecule has 0 saturated heterocycles. The maximum absolute atomic E-state index is 6.32. The number of allylic oxidation sites excluding steroid dienone is 9. The Labute approximate surface area is 146 Å². The minimum Gasteiger partial charge on any atom is -0.479 e. The number of hydrogen-bond acceptors (Lipinski definition) is 3. The highest BCUT2D eigenvalue weighted by Gasteiger charge is 2.45. The lowest BCUT2D eigenvalue weighted by Gasteiger charge is -2.18. The zero-order valence-electron chi connectivity index (χ0n) is 14.2. The molecule has 0 aromatic rings. The summed E-state index contributed by atoms with van der Waals surface area (Å²) >= 11 is 6.32. The van der Waals surface area contributed by atoms with Crippen LogP contribution in [0.25, 0.3) is 0 Å². The summed E-state index contributed by atoms with van der Waals surface area (Å²) < 4.78 is 16.4. The highest BCUT2D eigenvalue weighted by Crippen LogP contribution is 2.17. The first kappa shape index (κ1) is 21.3. The SMILES string of the molecule is CCC=CC=CO[Si](Cl)(OC=CC=CCC)OC=CC=CCC. The molecule has 0 unspecified atom stereocenters. The lowest BCUT2D eigenvalue weighted by molar-refractivity contribution is 0.209. The average molecular weight is 355 g/mol. The number of halogens is 1. The fraction of sp³-hybridized carbons (Fsp3) is 0.333. The van der Waals surface area contributed by atoms with E-state index in [1.807, 2.05) is 36.5 Å². The van der Waals surface area contributed by atoms with Gasteiger partial charge in [-0.1, -0.05) is 57.2 Å². The van der Waals surface area contributed by atoms with Gasteiger partial charge in [0, 0.05) is 0 Å². The Morgan fingerprint density at radius 2 is 0.913 bits per heavy atom. The van der Waals surface area contributed by atoms with Crippen molar-refractivity contribution in [3.8, 4) is 0 Å². The van der Waals surface area contributed by atoms with E-state index in [4.69, 9.17) is 24.4 Å². The first-order chi connectivity index (χ1) is 11.2. The molecule has 0 aliphatic rings. The van der Waals surface area contributed by atoms with Crippen LogP contribution in [0.2, 0.25) is 0 Å². The van der Waals surface area contributed by atoms with Crippen molar-refractivity contribution in [2.75, 3.05) is 0 Å². The van der Waals surface area contributed by atoms with Crippen LogP contribution in [0, 0.1) is 0 Å².